The van der Waals surface area contributed by atoms with Crippen LogP contribution in [0.1, 0.15) is 24.1 Å². The van der Waals surface area contributed by atoms with E-state index < -0.39 is 0 Å². The zero-order valence-corrected chi connectivity index (χ0v) is 13.2. The number of anilines is 2. The second kappa shape index (κ2) is 6.04. The quantitative estimate of drug-likeness (QED) is 0.902. The molecule has 2 aromatic rings. The van der Waals surface area contributed by atoms with Crippen molar-refractivity contribution in [2.75, 3.05) is 11.9 Å². The fraction of sp³-hybridized carbons (Fsp3) is 0.353. The molecule has 4 heteroatoms. The molecule has 21 heavy (non-hydrogen) atoms. The van der Waals surface area contributed by atoms with Gasteiger partial charge in [-0.2, -0.15) is 0 Å². The molecule has 1 aromatic carbocycles. The number of hydrogen-bond acceptors (Lipinski definition) is 3. The third-order valence-corrected chi connectivity index (χ3v) is 4.12. The second-order valence-electron chi connectivity index (χ2n) is 5.65. The molecule has 1 heterocycles. The van der Waals surface area contributed by atoms with Gasteiger partial charge in [-0.25, -0.2) is 4.98 Å². The van der Waals surface area contributed by atoms with Crippen LogP contribution < -0.4 is 10.2 Å². The first kappa shape index (κ1) is 14.4. The number of nitrogens with one attached hydrogen (secondary N) is 1. The van der Waals surface area contributed by atoms with Gasteiger partial charge in [0, 0.05) is 25.3 Å². The van der Waals surface area contributed by atoms with Crippen LogP contribution in [0.2, 0.25) is 5.02 Å². The Morgan fingerprint density at radius 2 is 2.10 bits per heavy atom. The van der Waals surface area contributed by atoms with Crippen LogP contribution in [0.3, 0.4) is 0 Å². The summed E-state index contributed by atoms with van der Waals surface area (Å²) in [7, 11) is 2.03. The minimum Gasteiger partial charge on any atom is -0.329 e. The molecular formula is C17H20ClN3. The Balaban J connectivity index is 1.81. The van der Waals surface area contributed by atoms with Crippen LogP contribution in [0.15, 0.2) is 36.4 Å². The first-order valence-electron chi connectivity index (χ1n) is 7.32. The molecule has 1 aliphatic rings. The molecule has 0 aliphatic heterocycles. The Morgan fingerprint density at radius 1 is 1.29 bits per heavy atom. The molecular weight excluding hydrogens is 282 g/mol. The Hall–Kier alpha value is -1.58. The molecule has 1 N–H and O–H groups in total. The van der Waals surface area contributed by atoms with Crippen molar-refractivity contribution in [1.82, 2.24) is 10.3 Å². The van der Waals surface area contributed by atoms with Gasteiger partial charge in [0.1, 0.15) is 5.82 Å². The molecule has 0 spiro atoms. The van der Waals surface area contributed by atoms with Gasteiger partial charge in [-0.3, -0.25) is 0 Å². The van der Waals surface area contributed by atoms with E-state index in [4.69, 9.17) is 16.6 Å². The van der Waals surface area contributed by atoms with Gasteiger partial charge in [-0.1, -0.05) is 23.7 Å². The predicted molar refractivity (Wildman–Crippen MR) is 88.4 cm³/mol. The monoisotopic (exact) mass is 301 g/mol. The number of aromatic nitrogens is 1. The molecule has 0 bridgehead atoms. The van der Waals surface area contributed by atoms with Gasteiger partial charge in [-0.15, -0.1) is 0 Å². The van der Waals surface area contributed by atoms with Crippen LogP contribution >= 0.6 is 11.6 Å². The summed E-state index contributed by atoms with van der Waals surface area (Å²) in [5.74, 6) is 0.914. The SMILES string of the molecule is Cc1cccc(N(C)c2ccc(Cl)c(CNC3CC3)n2)c1. The largest absolute Gasteiger partial charge is 0.329 e. The van der Waals surface area contributed by atoms with Crippen LogP contribution in [-0.4, -0.2) is 18.1 Å². The van der Waals surface area contributed by atoms with Gasteiger partial charge in [0.05, 0.1) is 10.7 Å². The average molecular weight is 302 g/mol. The third kappa shape index (κ3) is 3.55. The highest BCUT2D eigenvalue weighted by molar-refractivity contribution is 6.31. The molecule has 0 atom stereocenters. The van der Waals surface area contributed by atoms with Gasteiger partial charge in [-0.05, 0) is 49.6 Å². The van der Waals surface area contributed by atoms with Crippen molar-refractivity contribution in [2.45, 2.75) is 32.4 Å². The van der Waals surface area contributed by atoms with Crippen molar-refractivity contribution in [3.05, 3.63) is 52.7 Å². The molecule has 0 unspecified atom stereocenters. The summed E-state index contributed by atoms with van der Waals surface area (Å²) < 4.78 is 0. The lowest BCUT2D eigenvalue weighted by Crippen LogP contribution is -2.18. The highest BCUT2D eigenvalue weighted by Gasteiger charge is 2.21. The van der Waals surface area contributed by atoms with Crippen molar-refractivity contribution >= 4 is 23.1 Å². The van der Waals surface area contributed by atoms with E-state index in [9.17, 15) is 0 Å². The number of halogens is 1. The molecule has 0 radical (unpaired) electrons. The number of aryl methyl sites for hydroxylation is 1. The van der Waals surface area contributed by atoms with E-state index in [0.29, 0.717) is 6.04 Å². The fourth-order valence-corrected chi connectivity index (χ4v) is 2.45. The number of rotatable bonds is 5. The van der Waals surface area contributed by atoms with Gasteiger partial charge in [0.25, 0.3) is 0 Å². The van der Waals surface area contributed by atoms with E-state index in [1.165, 1.54) is 18.4 Å². The maximum atomic E-state index is 6.25. The van der Waals surface area contributed by atoms with Gasteiger partial charge in [0.2, 0.25) is 0 Å². The normalized spacial score (nSPS) is 14.2. The Morgan fingerprint density at radius 3 is 2.81 bits per heavy atom. The van der Waals surface area contributed by atoms with E-state index in [-0.39, 0.29) is 0 Å². The van der Waals surface area contributed by atoms with Gasteiger partial charge in [0.15, 0.2) is 0 Å². The first-order valence-corrected chi connectivity index (χ1v) is 7.70. The van der Waals surface area contributed by atoms with Crippen molar-refractivity contribution in [1.29, 1.82) is 0 Å². The van der Waals surface area contributed by atoms with Gasteiger partial charge >= 0.3 is 0 Å². The highest BCUT2D eigenvalue weighted by Crippen LogP contribution is 2.26. The standard InChI is InChI=1S/C17H20ClN3/c1-12-4-3-5-14(10-12)21(2)17-9-8-15(18)16(20-17)11-19-13-6-7-13/h3-5,8-10,13,19H,6-7,11H2,1-2H3. The van der Waals surface area contributed by atoms with E-state index >= 15 is 0 Å². The minimum absolute atomic E-state index is 0.654. The van der Waals surface area contributed by atoms with Crippen LogP contribution in [0.25, 0.3) is 0 Å². The Bertz CT molecular complexity index is 638. The summed E-state index contributed by atoms with van der Waals surface area (Å²) in [4.78, 5) is 6.80. The topological polar surface area (TPSA) is 28.2 Å². The van der Waals surface area contributed by atoms with Crippen LogP contribution in [0.5, 0.6) is 0 Å². The lowest BCUT2D eigenvalue weighted by Gasteiger charge is -2.20. The summed E-state index contributed by atoms with van der Waals surface area (Å²) in [5, 5.41) is 4.19. The Kier molecular flexibility index (Phi) is 4.13. The molecule has 110 valence electrons. The first-order chi connectivity index (χ1) is 10.1. The number of hydrogen-bond donors (Lipinski definition) is 1. The number of pyridine rings is 1. The second-order valence-corrected chi connectivity index (χ2v) is 6.06. The van der Waals surface area contributed by atoms with Crippen molar-refractivity contribution in [3.8, 4) is 0 Å². The number of nitrogens with zero attached hydrogens (tertiary/aromatic N) is 2. The summed E-state index contributed by atoms with van der Waals surface area (Å²) in [6.45, 7) is 2.83. The minimum atomic E-state index is 0.654. The lowest BCUT2D eigenvalue weighted by atomic mass is 10.2. The average Bonchev–Trinajstić information content (AvgIpc) is 3.30. The van der Waals surface area contributed by atoms with Crippen molar-refractivity contribution in [2.24, 2.45) is 0 Å². The third-order valence-electron chi connectivity index (χ3n) is 3.77. The maximum Gasteiger partial charge on any atom is 0.133 e. The molecule has 1 saturated carbocycles. The molecule has 0 amide bonds. The van der Waals surface area contributed by atoms with E-state index in [1.807, 2.05) is 19.2 Å². The van der Waals surface area contributed by atoms with E-state index in [1.54, 1.807) is 0 Å². The van der Waals surface area contributed by atoms with Gasteiger partial charge < -0.3 is 10.2 Å². The zero-order chi connectivity index (χ0) is 14.8. The molecule has 1 aromatic heterocycles. The van der Waals surface area contributed by atoms with Crippen LogP contribution in [0.4, 0.5) is 11.5 Å². The Labute approximate surface area is 131 Å². The van der Waals surface area contributed by atoms with Crippen LogP contribution in [0, 0.1) is 6.92 Å². The smallest absolute Gasteiger partial charge is 0.133 e. The molecule has 3 nitrogen and oxygen atoms in total. The number of benzene rings is 1. The fourth-order valence-electron chi connectivity index (χ4n) is 2.28. The summed E-state index contributed by atoms with van der Waals surface area (Å²) in [6.07, 6.45) is 2.53. The summed E-state index contributed by atoms with van der Waals surface area (Å²) >= 11 is 6.25. The highest BCUT2D eigenvalue weighted by atomic mass is 35.5. The maximum absolute atomic E-state index is 6.25. The molecule has 3 rings (SSSR count). The molecule has 0 saturated heterocycles. The summed E-state index contributed by atoms with van der Waals surface area (Å²) in [6, 6.07) is 12.9. The van der Waals surface area contributed by atoms with Crippen molar-refractivity contribution in [3.63, 3.8) is 0 Å². The summed E-state index contributed by atoms with van der Waals surface area (Å²) in [5.41, 5.74) is 3.29. The predicted octanol–water partition coefficient (Wildman–Crippen LogP) is 4.06. The molecule has 1 aliphatic carbocycles. The van der Waals surface area contributed by atoms with Crippen molar-refractivity contribution < 1.29 is 0 Å². The van der Waals surface area contributed by atoms with E-state index in [2.05, 4.69) is 41.4 Å². The molecule has 1 fully saturated rings. The lowest BCUT2D eigenvalue weighted by molar-refractivity contribution is 0.674. The zero-order valence-electron chi connectivity index (χ0n) is 12.4. The van der Waals surface area contributed by atoms with Crippen LogP contribution in [-0.2, 0) is 6.54 Å². The van der Waals surface area contributed by atoms with E-state index in [0.717, 1.165) is 28.8 Å².